The van der Waals surface area contributed by atoms with Crippen molar-refractivity contribution in [2.24, 2.45) is 0 Å². The predicted octanol–water partition coefficient (Wildman–Crippen LogP) is 24.6. The molecule has 0 spiro atoms. The van der Waals surface area contributed by atoms with Crippen LogP contribution in [0.2, 0.25) is 0 Å². The smallest absolute Gasteiger partial charge is 0.462 e. The molecule has 0 saturated carbocycles. The van der Waals surface area contributed by atoms with Crippen molar-refractivity contribution in [1.82, 2.24) is 0 Å². The van der Waals surface area contributed by atoms with Gasteiger partial charge in [0.2, 0.25) is 0 Å². The molecule has 0 aromatic heterocycles. The zero-order chi connectivity index (χ0) is 73.2. The number of hydrogen-bond donors (Lipinski definition) is 3. The van der Waals surface area contributed by atoms with Crippen molar-refractivity contribution in [2.45, 2.75) is 457 Å². The van der Waals surface area contributed by atoms with E-state index in [9.17, 15) is 43.2 Å². The van der Waals surface area contributed by atoms with Crippen molar-refractivity contribution in [3.8, 4) is 0 Å². The molecule has 0 aromatic carbocycles. The second kappa shape index (κ2) is 75.3. The van der Waals surface area contributed by atoms with E-state index < -0.39 is 97.5 Å². The van der Waals surface area contributed by atoms with E-state index in [1.165, 1.54) is 270 Å². The molecule has 0 bridgehead atoms. The second-order valence-corrected chi connectivity index (χ2v) is 32.1. The summed E-state index contributed by atoms with van der Waals surface area (Å²) in [6, 6.07) is 0. The fourth-order valence-electron chi connectivity index (χ4n) is 12.6. The van der Waals surface area contributed by atoms with E-state index in [1.807, 2.05) is 0 Å². The van der Waals surface area contributed by atoms with Gasteiger partial charge in [-0.3, -0.25) is 37.3 Å². The van der Waals surface area contributed by atoms with Crippen LogP contribution in [0.1, 0.15) is 439 Å². The third-order valence-corrected chi connectivity index (χ3v) is 21.0. The van der Waals surface area contributed by atoms with E-state index >= 15 is 0 Å². The molecule has 0 aromatic rings. The Morgan fingerprint density at radius 1 is 0.240 bits per heavy atom. The van der Waals surface area contributed by atoms with Gasteiger partial charge in [-0.2, -0.15) is 0 Å². The summed E-state index contributed by atoms with van der Waals surface area (Å²) in [5.74, 6) is -2.10. The summed E-state index contributed by atoms with van der Waals surface area (Å²) in [4.78, 5) is 73.0. The van der Waals surface area contributed by atoms with E-state index in [-0.39, 0.29) is 25.7 Å². The molecule has 3 N–H and O–H groups in total. The monoisotopic (exact) mass is 1470 g/mol. The van der Waals surface area contributed by atoms with Gasteiger partial charge in [-0.05, 0) is 25.7 Å². The molecule has 0 amide bonds. The number of esters is 4. The zero-order valence-corrected chi connectivity index (χ0v) is 67.0. The predicted molar refractivity (Wildman–Crippen MR) is 409 cm³/mol. The normalized spacial score (nSPS) is 13.8. The Kier molecular flexibility index (Phi) is 73.8. The van der Waals surface area contributed by atoms with Gasteiger partial charge in [0.05, 0.1) is 26.4 Å². The maximum Gasteiger partial charge on any atom is 0.472 e. The third-order valence-electron chi connectivity index (χ3n) is 19.1. The maximum atomic E-state index is 13.1. The number of aliphatic hydroxyl groups excluding tert-OH is 1. The van der Waals surface area contributed by atoms with Gasteiger partial charge in [-0.25, -0.2) is 9.13 Å². The summed E-state index contributed by atoms with van der Waals surface area (Å²) in [5, 5.41) is 10.6. The molecule has 17 nitrogen and oxygen atoms in total. The fraction of sp³-hybridized carbons (Fsp3) is 0.951. The number of phosphoric ester groups is 2. The van der Waals surface area contributed by atoms with Crippen LogP contribution in [-0.4, -0.2) is 96.7 Å². The Hall–Kier alpha value is -1.94. The van der Waals surface area contributed by atoms with Crippen LogP contribution in [0, 0.1) is 0 Å². The highest BCUT2D eigenvalue weighted by Crippen LogP contribution is 2.45. The molecule has 0 radical (unpaired) electrons. The Balaban J connectivity index is 5.23. The molecule has 0 fully saturated rings. The summed E-state index contributed by atoms with van der Waals surface area (Å²) in [6.45, 7) is 5.03. The number of carbonyl (C=O) groups is 4. The summed E-state index contributed by atoms with van der Waals surface area (Å²) in [7, 11) is -9.92. The van der Waals surface area contributed by atoms with E-state index in [1.54, 1.807) is 0 Å². The highest BCUT2D eigenvalue weighted by molar-refractivity contribution is 7.47. The molecular weight excluding hydrogens is 1310 g/mol. The van der Waals surface area contributed by atoms with Crippen LogP contribution >= 0.6 is 15.6 Å². The van der Waals surface area contributed by atoms with Gasteiger partial charge in [0.25, 0.3) is 0 Å². The summed E-state index contributed by atoms with van der Waals surface area (Å²) in [5.41, 5.74) is 0. The van der Waals surface area contributed by atoms with Crippen molar-refractivity contribution >= 4 is 39.5 Å². The van der Waals surface area contributed by atoms with Crippen LogP contribution < -0.4 is 0 Å². The van der Waals surface area contributed by atoms with Crippen LogP contribution in [-0.2, 0) is 65.4 Å². The molecule has 100 heavy (non-hydrogen) atoms. The molecule has 2 unspecified atom stereocenters. The minimum absolute atomic E-state index is 0.109. The first-order valence-corrected chi connectivity index (χ1v) is 45.3. The standard InChI is InChI=1S/C81H158O17P2/c1-5-9-13-17-21-25-29-32-34-36-38-40-43-46-50-54-58-62-66-79(84)92-72-77(98-81(86)68-64-60-56-52-48-44-41-39-37-35-33-30-26-22-18-14-10-6-2)74-96-100(89,90)94-70-75(82)69-93-99(87,88)95-73-76(71-91-78(83)65-61-57-53-49-45-28-24-20-16-12-8-4)97-80(85)67-63-59-55-51-47-42-31-27-23-19-15-11-7-3/h75-77,82H,5-74H2,1-4H3,(H,87,88)(H,89,90)/t75-,76+,77+/m0/s1. The molecule has 594 valence electrons. The number of hydrogen-bond acceptors (Lipinski definition) is 15. The molecule has 0 heterocycles. The van der Waals surface area contributed by atoms with E-state index in [2.05, 4.69) is 27.7 Å². The number of ether oxygens (including phenoxy) is 4. The highest BCUT2D eigenvalue weighted by Gasteiger charge is 2.30. The van der Waals surface area contributed by atoms with Crippen molar-refractivity contribution in [3.05, 3.63) is 0 Å². The molecular formula is C81H158O17P2. The fourth-order valence-corrected chi connectivity index (χ4v) is 14.2. The molecule has 5 atom stereocenters. The van der Waals surface area contributed by atoms with Crippen molar-refractivity contribution < 1.29 is 80.2 Å². The van der Waals surface area contributed by atoms with Crippen LogP contribution in [0.15, 0.2) is 0 Å². The van der Waals surface area contributed by atoms with Gasteiger partial charge in [0.15, 0.2) is 12.2 Å². The number of phosphoric acid groups is 2. The Morgan fingerprint density at radius 3 is 0.590 bits per heavy atom. The average Bonchev–Trinajstić information content (AvgIpc) is 0.936. The maximum absolute atomic E-state index is 13.1. The van der Waals surface area contributed by atoms with Crippen molar-refractivity contribution in [1.29, 1.82) is 0 Å². The van der Waals surface area contributed by atoms with E-state index in [4.69, 9.17) is 37.0 Å². The van der Waals surface area contributed by atoms with Crippen LogP contribution in [0.4, 0.5) is 0 Å². The first-order chi connectivity index (χ1) is 48.7. The van der Waals surface area contributed by atoms with Crippen LogP contribution in [0.3, 0.4) is 0 Å². The van der Waals surface area contributed by atoms with Gasteiger partial charge >= 0.3 is 39.5 Å². The van der Waals surface area contributed by atoms with Crippen LogP contribution in [0.25, 0.3) is 0 Å². The van der Waals surface area contributed by atoms with E-state index in [0.29, 0.717) is 25.7 Å². The molecule has 0 aliphatic carbocycles. The topological polar surface area (TPSA) is 237 Å². The first kappa shape index (κ1) is 98.1. The van der Waals surface area contributed by atoms with Gasteiger partial charge in [0.1, 0.15) is 19.3 Å². The molecule has 0 saturated heterocycles. The Labute approximate surface area is 613 Å². The molecule has 19 heteroatoms. The SMILES string of the molecule is CCCCCCCCCCCCCCCCCCCCC(=O)OC[C@H](COP(=O)(O)OC[C@@H](O)COP(=O)(O)OC[C@@H](COC(=O)CCCCCCCCCCCCC)OC(=O)CCCCCCCCCCCCCCC)OC(=O)CCCCCCCCCCCCCCCCCCCC. The number of carbonyl (C=O) groups excluding carboxylic acids is 4. The zero-order valence-electron chi connectivity index (χ0n) is 65.2. The van der Waals surface area contributed by atoms with Crippen molar-refractivity contribution in [2.75, 3.05) is 39.6 Å². The summed E-state index contributed by atoms with van der Waals surface area (Å²) in [6.07, 6.45) is 67.9. The lowest BCUT2D eigenvalue weighted by atomic mass is 10.0. The number of aliphatic hydroxyl groups is 1. The quantitative estimate of drug-likeness (QED) is 0.0222. The lowest BCUT2D eigenvalue weighted by Crippen LogP contribution is -2.30. The minimum atomic E-state index is -4.96. The second-order valence-electron chi connectivity index (χ2n) is 29.2. The number of rotatable bonds is 82. The average molecular weight is 1470 g/mol. The van der Waals surface area contributed by atoms with Crippen molar-refractivity contribution in [3.63, 3.8) is 0 Å². The summed E-state index contributed by atoms with van der Waals surface area (Å²) < 4.78 is 68.7. The minimum Gasteiger partial charge on any atom is -0.462 e. The van der Waals surface area contributed by atoms with Gasteiger partial charge in [-0.1, -0.05) is 387 Å². The Morgan fingerprint density at radius 2 is 0.400 bits per heavy atom. The van der Waals surface area contributed by atoms with Gasteiger partial charge in [-0.15, -0.1) is 0 Å². The van der Waals surface area contributed by atoms with Gasteiger partial charge < -0.3 is 33.8 Å². The Bertz CT molecular complexity index is 1890. The molecule has 0 aliphatic heterocycles. The number of unbranched alkanes of at least 4 members (excludes halogenated alkanes) is 56. The third kappa shape index (κ3) is 74.3. The molecule has 0 aliphatic rings. The summed E-state index contributed by atoms with van der Waals surface area (Å²) >= 11 is 0. The lowest BCUT2D eigenvalue weighted by Gasteiger charge is -2.21. The van der Waals surface area contributed by atoms with Gasteiger partial charge in [0, 0.05) is 25.7 Å². The largest absolute Gasteiger partial charge is 0.472 e. The van der Waals surface area contributed by atoms with E-state index in [0.717, 1.165) is 89.9 Å². The van der Waals surface area contributed by atoms with Crippen LogP contribution in [0.5, 0.6) is 0 Å². The lowest BCUT2D eigenvalue weighted by molar-refractivity contribution is -0.161. The highest BCUT2D eigenvalue weighted by atomic mass is 31.2. The molecule has 0 rings (SSSR count). The first-order valence-electron chi connectivity index (χ1n) is 42.3.